The first-order chi connectivity index (χ1) is 17.0. The summed E-state index contributed by atoms with van der Waals surface area (Å²) in [6.07, 6.45) is 14.7. The normalized spacial score (nSPS) is 18.0. The molecule has 9 nitrogen and oxygen atoms in total. The van der Waals surface area contributed by atoms with Gasteiger partial charge in [-0.15, -0.1) is 0 Å². The van der Waals surface area contributed by atoms with Gasteiger partial charge in [-0.2, -0.15) is 4.98 Å². The molecule has 1 aromatic carbocycles. The molecular weight excluding hydrogens is 442 g/mol. The maximum Gasteiger partial charge on any atom is 0.270 e. The van der Waals surface area contributed by atoms with Gasteiger partial charge in [-0.3, -0.25) is 9.20 Å². The van der Waals surface area contributed by atoms with E-state index in [9.17, 15) is 9.90 Å². The van der Waals surface area contributed by atoms with Crippen LogP contribution in [-0.2, 0) is 0 Å². The van der Waals surface area contributed by atoms with Gasteiger partial charge in [0.05, 0.1) is 5.69 Å². The maximum absolute atomic E-state index is 13.5. The molecule has 0 unspecified atom stereocenters. The van der Waals surface area contributed by atoms with Crippen molar-refractivity contribution in [3.05, 3.63) is 87.9 Å². The number of rotatable bonds is 3. The molecule has 4 heterocycles. The Morgan fingerprint density at radius 2 is 2.09 bits per heavy atom. The topological polar surface area (TPSA) is 109 Å². The first kappa shape index (κ1) is 20.0. The summed E-state index contributed by atoms with van der Waals surface area (Å²) < 4.78 is 3.31. The van der Waals surface area contributed by atoms with E-state index in [0.717, 1.165) is 24.2 Å². The van der Waals surface area contributed by atoms with Crippen molar-refractivity contribution in [2.45, 2.75) is 26.2 Å². The average molecular weight is 466 g/mol. The Hall–Kier alpha value is -4.40. The summed E-state index contributed by atoms with van der Waals surface area (Å²) in [5, 5.41) is 17.0. The van der Waals surface area contributed by atoms with Gasteiger partial charge < -0.3 is 15.7 Å². The highest BCUT2D eigenvalue weighted by molar-refractivity contribution is 5.78. The van der Waals surface area contributed by atoms with Gasteiger partial charge >= 0.3 is 0 Å². The van der Waals surface area contributed by atoms with Crippen LogP contribution in [0, 0.1) is 12.3 Å². The lowest BCUT2D eigenvalue weighted by molar-refractivity contribution is 0.474. The Bertz CT molecular complexity index is 1700. The number of benzene rings is 1. The third kappa shape index (κ3) is 3.01. The van der Waals surface area contributed by atoms with Crippen LogP contribution in [0.5, 0.6) is 5.75 Å². The van der Waals surface area contributed by atoms with E-state index in [0.29, 0.717) is 33.9 Å². The molecule has 1 fully saturated rings. The summed E-state index contributed by atoms with van der Waals surface area (Å²) in [5.41, 5.74) is 5.71. The Kier molecular flexibility index (Phi) is 4.03. The molecule has 174 valence electrons. The minimum absolute atomic E-state index is 0.143. The molecule has 0 amide bonds. The van der Waals surface area contributed by atoms with E-state index >= 15 is 0 Å². The molecule has 4 aromatic rings. The number of phenolic OH excluding ortho intramolecular Hbond substituents is 1. The van der Waals surface area contributed by atoms with Gasteiger partial charge in [0.2, 0.25) is 11.7 Å². The van der Waals surface area contributed by atoms with Gasteiger partial charge in [-0.25, -0.2) is 14.5 Å². The zero-order valence-electron chi connectivity index (χ0n) is 19.1. The number of imidazole rings is 1. The molecule has 1 saturated carbocycles. The van der Waals surface area contributed by atoms with E-state index in [2.05, 4.69) is 39.0 Å². The van der Waals surface area contributed by atoms with Gasteiger partial charge in [0.1, 0.15) is 11.1 Å². The van der Waals surface area contributed by atoms with Gasteiger partial charge in [0.15, 0.2) is 5.65 Å². The molecule has 3 aliphatic rings. The molecule has 3 N–H and O–H groups in total. The summed E-state index contributed by atoms with van der Waals surface area (Å²) in [5.74, 6) is 1.02. The third-order valence-electron chi connectivity index (χ3n) is 7.26. The second kappa shape index (κ2) is 7.05. The molecule has 0 saturated heterocycles. The second-order valence-electron chi connectivity index (χ2n) is 9.54. The number of fused-ring (bicyclic) bond motifs is 5. The molecule has 1 spiro atoms. The molecule has 9 heteroatoms. The fourth-order valence-electron chi connectivity index (χ4n) is 5.30. The number of nitrogens with zero attached hydrogens (tertiary/aromatic N) is 5. The van der Waals surface area contributed by atoms with Gasteiger partial charge in [0, 0.05) is 48.9 Å². The van der Waals surface area contributed by atoms with E-state index in [-0.39, 0.29) is 11.3 Å². The molecule has 2 aliphatic carbocycles. The molecule has 0 bridgehead atoms. The van der Waals surface area contributed by atoms with Crippen molar-refractivity contribution in [3.63, 3.8) is 0 Å². The van der Waals surface area contributed by atoms with Crippen molar-refractivity contribution >= 4 is 22.8 Å². The second-order valence-corrected chi connectivity index (χ2v) is 9.54. The lowest BCUT2D eigenvalue weighted by Gasteiger charge is -2.30. The van der Waals surface area contributed by atoms with Crippen LogP contribution >= 0.6 is 0 Å². The Balaban J connectivity index is 1.31. The summed E-state index contributed by atoms with van der Waals surface area (Å²) in [4.78, 5) is 27.1. The summed E-state index contributed by atoms with van der Waals surface area (Å²) in [6, 6.07) is 4.89. The number of nitrogens with one attached hydrogen (secondary N) is 2. The van der Waals surface area contributed by atoms with E-state index in [1.807, 2.05) is 6.92 Å². The number of hydrogen-bond acceptors (Lipinski definition) is 7. The molecular formula is C26H23N7O2. The summed E-state index contributed by atoms with van der Waals surface area (Å²) in [7, 11) is 0. The Morgan fingerprint density at radius 1 is 1.20 bits per heavy atom. The fraction of sp³-hybridized carbons (Fsp3) is 0.231. The van der Waals surface area contributed by atoms with Crippen LogP contribution in [0.1, 0.15) is 24.8 Å². The summed E-state index contributed by atoms with van der Waals surface area (Å²) in [6.45, 7) is 2.86. The van der Waals surface area contributed by atoms with Crippen molar-refractivity contribution in [3.8, 4) is 11.4 Å². The number of aromatic hydroxyl groups is 1. The predicted molar refractivity (Wildman–Crippen MR) is 132 cm³/mol. The number of allylic oxidation sites excluding steroid dienone is 3. The number of phenols is 1. The average Bonchev–Trinajstić information content (AvgIpc) is 3.43. The van der Waals surface area contributed by atoms with Crippen molar-refractivity contribution in [1.29, 1.82) is 0 Å². The number of hydrogen-bond donors (Lipinski definition) is 3. The van der Waals surface area contributed by atoms with Crippen LogP contribution in [0.2, 0.25) is 0 Å². The van der Waals surface area contributed by atoms with E-state index in [1.54, 1.807) is 41.2 Å². The van der Waals surface area contributed by atoms with Crippen molar-refractivity contribution in [2.75, 3.05) is 11.9 Å². The van der Waals surface area contributed by atoms with Crippen LogP contribution in [0.15, 0.2) is 76.8 Å². The van der Waals surface area contributed by atoms with Crippen molar-refractivity contribution < 1.29 is 5.11 Å². The highest BCUT2D eigenvalue weighted by atomic mass is 16.3. The summed E-state index contributed by atoms with van der Waals surface area (Å²) >= 11 is 0. The monoisotopic (exact) mass is 465 g/mol. The lowest BCUT2D eigenvalue weighted by atomic mass is 9.82. The van der Waals surface area contributed by atoms with E-state index in [4.69, 9.17) is 4.98 Å². The molecule has 0 radical (unpaired) electrons. The van der Waals surface area contributed by atoms with Crippen molar-refractivity contribution in [1.82, 2.24) is 29.2 Å². The zero-order chi connectivity index (χ0) is 23.7. The Labute approximate surface area is 200 Å². The third-order valence-corrected chi connectivity index (χ3v) is 7.26. The van der Waals surface area contributed by atoms with Gasteiger partial charge in [-0.05, 0) is 60.8 Å². The van der Waals surface area contributed by atoms with Crippen LogP contribution < -0.4 is 16.2 Å². The number of anilines is 1. The lowest BCUT2D eigenvalue weighted by Crippen LogP contribution is -2.29. The van der Waals surface area contributed by atoms with Gasteiger partial charge in [-0.1, -0.05) is 6.08 Å². The van der Waals surface area contributed by atoms with Crippen LogP contribution in [0.25, 0.3) is 22.5 Å². The number of aromatic nitrogens is 5. The first-order valence-electron chi connectivity index (χ1n) is 11.7. The minimum Gasteiger partial charge on any atom is -0.508 e. The predicted octanol–water partition coefficient (Wildman–Crippen LogP) is 3.34. The van der Waals surface area contributed by atoms with Crippen LogP contribution in [-0.4, -0.2) is 35.6 Å². The molecule has 0 atom stereocenters. The van der Waals surface area contributed by atoms with E-state index in [1.165, 1.54) is 28.6 Å². The SMILES string of the molecule is Cc1cc(O)ccc1-n1c(=O)c2cnc(NC3=CC=C4C(=CNCC45CC5)C3)nc2n2ccnc12. The van der Waals surface area contributed by atoms with E-state index < -0.39 is 0 Å². The standard InChI is InChI=1S/C26H23N7O2/c1-15-10-18(34)3-5-21(15)33-23(35)19-13-29-24(31-22(19)32-9-8-28-25(32)33)30-17-2-4-20-16(11-17)12-27-14-26(20)6-7-26/h2-5,8-10,12-13,27,34H,6-7,11,14H2,1H3,(H,29,30,31). The zero-order valence-corrected chi connectivity index (χ0v) is 19.1. The highest BCUT2D eigenvalue weighted by Gasteiger charge is 2.48. The van der Waals surface area contributed by atoms with Crippen LogP contribution in [0.3, 0.4) is 0 Å². The maximum atomic E-state index is 13.5. The molecule has 35 heavy (non-hydrogen) atoms. The number of aryl methyl sites for hydroxylation is 1. The van der Waals surface area contributed by atoms with Crippen molar-refractivity contribution in [2.24, 2.45) is 5.41 Å². The van der Waals surface area contributed by atoms with Gasteiger partial charge in [0.25, 0.3) is 5.56 Å². The van der Waals surface area contributed by atoms with Crippen LogP contribution in [0.4, 0.5) is 5.95 Å². The smallest absolute Gasteiger partial charge is 0.270 e. The molecule has 7 rings (SSSR count). The highest BCUT2D eigenvalue weighted by Crippen LogP contribution is 2.56. The first-order valence-corrected chi connectivity index (χ1v) is 11.7. The Morgan fingerprint density at radius 3 is 2.91 bits per heavy atom. The largest absolute Gasteiger partial charge is 0.508 e. The molecule has 1 aliphatic heterocycles. The minimum atomic E-state index is -0.267. The quantitative estimate of drug-likeness (QED) is 0.426. The molecule has 3 aromatic heterocycles. The fourth-order valence-corrected chi connectivity index (χ4v) is 5.30.